The third-order valence-electron chi connectivity index (χ3n) is 2.50. The second kappa shape index (κ2) is 6.23. The number of rotatable bonds is 5. The van der Waals surface area contributed by atoms with Crippen molar-refractivity contribution in [2.75, 3.05) is 11.9 Å². The number of hydrogen-bond acceptors (Lipinski definition) is 2. The molecule has 0 aliphatic heterocycles. The van der Waals surface area contributed by atoms with Crippen molar-refractivity contribution < 1.29 is 9.18 Å². The molecule has 1 atom stereocenters. The van der Waals surface area contributed by atoms with Crippen LogP contribution in [0.25, 0.3) is 0 Å². The van der Waals surface area contributed by atoms with Gasteiger partial charge in [-0.25, -0.2) is 4.39 Å². The third kappa shape index (κ3) is 4.06. The molecule has 4 heteroatoms. The molecule has 1 amide bonds. The van der Waals surface area contributed by atoms with Gasteiger partial charge in [-0.2, -0.15) is 0 Å². The Balaban J connectivity index is 2.58. The molecule has 0 radical (unpaired) electrons. The average molecular weight is 238 g/mol. The van der Waals surface area contributed by atoms with E-state index >= 15 is 0 Å². The number of anilines is 1. The van der Waals surface area contributed by atoms with Crippen LogP contribution in [0, 0.1) is 12.7 Å². The first-order chi connectivity index (χ1) is 8.04. The van der Waals surface area contributed by atoms with E-state index in [2.05, 4.69) is 10.6 Å². The molecule has 94 valence electrons. The Hall–Kier alpha value is -1.58. The lowest BCUT2D eigenvalue weighted by molar-refractivity contribution is -0.121. The summed E-state index contributed by atoms with van der Waals surface area (Å²) in [6.45, 7) is 6.11. The summed E-state index contributed by atoms with van der Waals surface area (Å²) in [5, 5.41) is 5.75. The maximum Gasteiger partial charge on any atom is 0.242 e. The maximum atomic E-state index is 13.3. The number of carbonyl (C=O) groups excluding carboxylic acids is 1. The predicted molar refractivity (Wildman–Crippen MR) is 67.5 cm³/mol. The minimum Gasteiger partial charge on any atom is -0.374 e. The van der Waals surface area contributed by atoms with Gasteiger partial charge in [0, 0.05) is 12.2 Å². The number of hydrogen-bond donors (Lipinski definition) is 2. The topological polar surface area (TPSA) is 41.1 Å². The molecule has 17 heavy (non-hydrogen) atoms. The van der Waals surface area contributed by atoms with Gasteiger partial charge in [-0.1, -0.05) is 13.0 Å². The second-order valence-electron chi connectivity index (χ2n) is 4.12. The van der Waals surface area contributed by atoms with Gasteiger partial charge in [0.1, 0.15) is 11.9 Å². The fraction of sp³-hybridized carbons (Fsp3) is 0.462. The third-order valence-corrected chi connectivity index (χ3v) is 2.50. The van der Waals surface area contributed by atoms with Gasteiger partial charge in [0.05, 0.1) is 0 Å². The molecule has 1 aromatic rings. The average Bonchev–Trinajstić information content (AvgIpc) is 2.30. The number of benzene rings is 1. The van der Waals surface area contributed by atoms with Crippen molar-refractivity contribution in [3.8, 4) is 0 Å². The van der Waals surface area contributed by atoms with E-state index in [0.717, 1.165) is 6.42 Å². The zero-order chi connectivity index (χ0) is 12.8. The largest absolute Gasteiger partial charge is 0.374 e. The van der Waals surface area contributed by atoms with Crippen molar-refractivity contribution in [1.82, 2.24) is 5.32 Å². The number of amides is 1. The van der Waals surface area contributed by atoms with Crippen LogP contribution in [0.15, 0.2) is 18.2 Å². The molecule has 0 heterocycles. The first-order valence-electron chi connectivity index (χ1n) is 5.85. The predicted octanol–water partition coefficient (Wildman–Crippen LogP) is 2.46. The van der Waals surface area contributed by atoms with E-state index in [1.165, 1.54) is 6.07 Å². The van der Waals surface area contributed by atoms with Gasteiger partial charge in [0.25, 0.3) is 0 Å². The Morgan fingerprint density at radius 2 is 2.18 bits per heavy atom. The lowest BCUT2D eigenvalue weighted by atomic mass is 10.2. The highest BCUT2D eigenvalue weighted by Gasteiger charge is 2.11. The van der Waals surface area contributed by atoms with E-state index < -0.39 is 0 Å². The van der Waals surface area contributed by atoms with E-state index in [4.69, 9.17) is 0 Å². The molecule has 0 aliphatic rings. The number of aryl methyl sites for hydroxylation is 1. The lowest BCUT2D eigenvalue weighted by Gasteiger charge is -2.15. The Labute approximate surface area is 101 Å². The Morgan fingerprint density at radius 1 is 1.47 bits per heavy atom. The first kappa shape index (κ1) is 13.5. The van der Waals surface area contributed by atoms with Gasteiger partial charge in [0.15, 0.2) is 0 Å². The zero-order valence-electron chi connectivity index (χ0n) is 10.5. The molecule has 1 rings (SSSR count). The van der Waals surface area contributed by atoms with Crippen LogP contribution in [0.4, 0.5) is 10.1 Å². The summed E-state index contributed by atoms with van der Waals surface area (Å²) in [5.74, 6) is -0.344. The highest BCUT2D eigenvalue weighted by molar-refractivity contribution is 5.84. The van der Waals surface area contributed by atoms with Crippen LogP contribution in [-0.4, -0.2) is 18.5 Å². The maximum absolute atomic E-state index is 13.3. The molecule has 0 saturated carbocycles. The summed E-state index contributed by atoms with van der Waals surface area (Å²) in [6.07, 6.45) is 0.900. The molecule has 1 aromatic carbocycles. The Kier molecular flexibility index (Phi) is 4.94. The molecule has 0 fully saturated rings. The van der Waals surface area contributed by atoms with Crippen molar-refractivity contribution in [3.63, 3.8) is 0 Å². The molecule has 3 nitrogen and oxygen atoms in total. The van der Waals surface area contributed by atoms with Gasteiger partial charge >= 0.3 is 0 Å². The fourth-order valence-electron chi connectivity index (χ4n) is 1.40. The SMILES string of the molecule is CCCNC(=O)C(C)Nc1ccc(C)c(F)c1. The van der Waals surface area contributed by atoms with Gasteiger partial charge < -0.3 is 10.6 Å². The quantitative estimate of drug-likeness (QED) is 0.827. The van der Waals surface area contributed by atoms with E-state index in [1.54, 1.807) is 26.0 Å². The van der Waals surface area contributed by atoms with Crippen LogP contribution in [0.5, 0.6) is 0 Å². The molecule has 0 spiro atoms. The summed E-state index contributed by atoms with van der Waals surface area (Å²) in [5.41, 5.74) is 1.21. The minimum absolute atomic E-state index is 0.0761. The lowest BCUT2D eigenvalue weighted by Crippen LogP contribution is -2.37. The summed E-state index contributed by atoms with van der Waals surface area (Å²) < 4.78 is 13.3. The molecule has 2 N–H and O–H groups in total. The van der Waals surface area contributed by atoms with Crippen molar-refractivity contribution >= 4 is 11.6 Å². The Morgan fingerprint density at radius 3 is 2.76 bits per heavy atom. The van der Waals surface area contributed by atoms with Crippen LogP contribution in [0.1, 0.15) is 25.8 Å². The fourth-order valence-corrected chi connectivity index (χ4v) is 1.40. The zero-order valence-corrected chi connectivity index (χ0v) is 10.5. The molecule has 0 bridgehead atoms. The van der Waals surface area contributed by atoms with Crippen LogP contribution >= 0.6 is 0 Å². The number of carbonyl (C=O) groups is 1. The van der Waals surface area contributed by atoms with Crippen LogP contribution in [0.3, 0.4) is 0 Å². The summed E-state index contributed by atoms with van der Waals surface area (Å²) in [4.78, 5) is 11.6. The molecule has 0 aromatic heterocycles. The van der Waals surface area contributed by atoms with Gasteiger partial charge in [0.2, 0.25) is 5.91 Å². The summed E-state index contributed by atoms with van der Waals surface area (Å²) in [6, 6.07) is 4.48. The summed E-state index contributed by atoms with van der Waals surface area (Å²) in [7, 11) is 0. The highest BCUT2D eigenvalue weighted by Crippen LogP contribution is 2.14. The highest BCUT2D eigenvalue weighted by atomic mass is 19.1. The summed E-state index contributed by atoms with van der Waals surface area (Å²) >= 11 is 0. The molecular weight excluding hydrogens is 219 g/mol. The number of nitrogens with one attached hydrogen (secondary N) is 2. The minimum atomic E-state index is -0.372. The van der Waals surface area contributed by atoms with E-state index in [9.17, 15) is 9.18 Å². The van der Waals surface area contributed by atoms with Crippen molar-refractivity contribution in [1.29, 1.82) is 0 Å². The molecule has 0 aliphatic carbocycles. The number of halogens is 1. The monoisotopic (exact) mass is 238 g/mol. The van der Waals surface area contributed by atoms with Crippen LogP contribution < -0.4 is 10.6 Å². The van der Waals surface area contributed by atoms with E-state index in [-0.39, 0.29) is 17.8 Å². The van der Waals surface area contributed by atoms with Crippen molar-refractivity contribution in [2.24, 2.45) is 0 Å². The van der Waals surface area contributed by atoms with E-state index in [1.807, 2.05) is 6.92 Å². The molecular formula is C13H19FN2O. The second-order valence-corrected chi connectivity index (χ2v) is 4.12. The first-order valence-corrected chi connectivity index (χ1v) is 5.85. The van der Waals surface area contributed by atoms with Crippen molar-refractivity contribution in [3.05, 3.63) is 29.6 Å². The van der Waals surface area contributed by atoms with Gasteiger partial charge in [-0.05, 0) is 38.0 Å². The molecule has 0 saturated heterocycles. The van der Waals surface area contributed by atoms with Crippen LogP contribution in [-0.2, 0) is 4.79 Å². The standard InChI is InChI=1S/C13H19FN2O/c1-4-7-15-13(17)10(3)16-11-6-5-9(2)12(14)8-11/h5-6,8,10,16H,4,7H2,1-3H3,(H,15,17). The van der Waals surface area contributed by atoms with Gasteiger partial charge in [-0.15, -0.1) is 0 Å². The van der Waals surface area contributed by atoms with Crippen molar-refractivity contribution in [2.45, 2.75) is 33.2 Å². The Bertz CT molecular complexity index is 393. The van der Waals surface area contributed by atoms with E-state index in [0.29, 0.717) is 17.8 Å². The normalized spacial score (nSPS) is 12.0. The smallest absolute Gasteiger partial charge is 0.242 e. The van der Waals surface area contributed by atoms with Crippen LogP contribution in [0.2, 0.25) is 0 Å². The molecule has 1 unspecified atom stereocenters. The van der Waals surface area contributed by atoms with Gasteiger partial charge in [-0.3, -0.25) is 4.79 Å².